The molecular formula is C12H24O4. The van der Waals surface area contributed by atoms with E-state index in [1.807, 2.05) is 6.92 Å². The third-order valence-electron chi connectivity index (χ3n) is 2.66. The van der Waals surface area contributed by atoms with Crippen LogP contribution in [0.4, 0.5) is 0 Å². The summed E-state index contributed by atoms with van der Waals surface area (Å²) in [5.74, 6) is 0.111. The van der Waals surface area contributed by atoms with Crippen LogP contribution in [-0.4, -0.2) is 34.5 Å². The SMILES string of the molecule is CC(=O)OCCC(C)CCC(O)C(C)(C)O. The fourth-order valence-electron chi connectivity index (χ4n) is 1.34. The zero-order valence-electron chi connectivity index (χ0n) is 10.7. The standard InChI is InChI=1S/C12H24O4/c1-9(7-8-16-10(2)13)5-6-11(14)12(3,4)15/h9,11,14-15H,5-8H2,1-4H3. The Kier molecular flexibility index (Phi) is 6.60. The Labute approximate surface area is 97.6 Å². The number of hydrogen-bond donors (Lipinski definition) is 2. The van der Waals surface area contributed by atoms with Crippen molar-refractivity contribution in [2.24, 2.45) is 5.92 Å². The normalized spacial score (nSPS) is 15.6. The molecule has 0 spiro atoms. The minimum absolute atomic E-state index is 0.260. The van der Waals surface area contributed by atoms with Crippen LogP contribution in [0.5, 0.6) is 0 Å². The molecule has 0 radical (unpaired) electrons. The number of carbonyl (C=O) groups excluding carboxylic acids is 1. The predicted octanol–water partition coefficient (Wildman–Crippen LogP) is 1.49. The monoisotopic (exact) mass is 232 g/mol. The van der Waals surface area contributed by atoms with Gasteiger partial charge in [-0.15, -0.1) is 0 Å². The van der Waals surface area contributed by atoms with Gasteiger partial charge in [-0.3, -0.25) is 4.79 Å². The van der Waals surface area contributed by atoms with Gasteiger partial charge in [0.2, 0.25) is 0 Å². The van der Waals surface area contributed by atoms with E-state index in [0.717, 1.165) is 12.8 Å². The zero-order chi connectivity index (χ0) is 12.8. The second kappa shape index (κ2) is 6.86. The molecule has 4 nitrogen and oxygen atoms in total. The first kappa shape index (κ1) is 15.4. The third-order valence-corrected chi connectivity index (χ3v) is 2.66. The van der Waals surface area contributed by atoms with E-state index in [2.05, 4.69) is 0 Å². The fraction of sp³-hybridized carbons (Fsp3) is 0.917. The molecule has 0 saturated carbocycles. The highest BCUT2D eigenvalue weighted by atomic mass is 16.5. The Morgan fingerprint density at radius 3 is 2.31 bits per heavy atom. The van der Waals surface area contributed by atoms with Crippen molar-refractivity contribution in [1.29, 1.82) is 0 Å². The van der Waals surface area contributed by atoms with Gasteiger partial charge in [-0.2, -0.15) is 0 Å². The van der Waals surface area contributed by atoms with Crippen LogP contribution in [0.25, 0.3) is 0 Å². The molecule has 2 N–H and O–H groups in total. The van der Waals surface area contributed by atoms with E-state index in [4.69, 9.17) is 4.74 Å². The van der Waals surface area contributed by atoms with Crippen LogP contribution in [0, 0.1) is 5.92 Å². The number of rotatable bonds is 7. The summed E-state index contributed by atoms with van der Waals surface area (Å²) in [7, 11) is 0. The summed E-state index contributed by atoms with van der Waals surface area (Å²) in [6.45, 7) is 7.06. The van der Waals surface area contributed by atoms with Crippen molar-refractivity contribution in [1.82, 2.24) is 0 Å². The summed E-state index contributed by atoms with van der Waals surface area (Å²) < 4.78 is 4.84. The smallest absolute Gasteiger partial charge is 0.302 e. The van der Waals surface area contributed by atoms with Crippen molar-refractivity contribution >= 4 is 5.97 Å². The zero-order valence-corrected chi connectivity index (χ0v) is 10.7. The minimum atomic E-state index is -1.05. The van der Waals surface area contributed by atoms with Gasteiger partial charge in [0.15, 0.2) is 0 Å². The molecule has 96 valence electrons. The van der Waals surface area contributed by atoms with Crippen molar-refractivity contribution in [3.8, 4) is 0 Å². The largest absolute Gasteiger partial charge is 0.466 e. The summed E-state index contributed by atoms with van der Waals surface area (Å²) in [6.07, 6.45) is 1.46. The molecule has 0 aliphatic carbocycles. The lowest BCUT2D eigenvalue weighted by atomic mass is 9.93. The predicted molar refractivity (Wildman–Crippen MR) is 62.0 cm³/mol. The summed E-state index contributed by atoms with van der Waals surface area (Å²) >= 11 is 0. The summed E-state index contributed by atoms with van der Waals surface area (Å²) in [4.78, 5) is 10.5. The highest BCUT2D eigenvalue weighted by Gasteiger charge is 2.24. The Morgan fingerprint density at radius 1 is 1.31 bits per heavy atom. The number of carbonyl (C=O) groups is 1. The van der Waals surface area contributed by atoms with Crippen molar-refractivity contribution in [3.63, 3.8) is 0 Å². The molecule has 16 heavy (non-hydrogen) atoms. The van der Waals surface area contributed by atoms with Crippen LogP contribution in [0.2, 0.25) is 0 Å². The van der Waals surface area contributed by atoms with E-state index in [0.29, 0.717) is 18.9 Å². The molecular weight excluding hydrogens is 208 g/mol. The molecule has 0 amide bonds. The summed E-state index contributed by atoms with van der Waals surface area (Å²) in [6, 6.07) is 0. The summed E-state index contributed by atoms with van der Waals surface area (Å²) in [5, 5.41) is 19.1. The topological polar surface area (TPSA) is 66.8 Å². The average molecular weight is 232 g/mol. The van der Waals surface area contributed by atoms with Crippen LogP contribution in [-0.2, 0) is 9.53 Å². The van der Waals surface area contributed by atoms with Crippen molar-refractivity contribution < 1.29 is 19.7 Å². The van der Waals surface area contributed by atoms with Crippen LogP contribution in [0.3, 0.4) is 0 Å². The van der Waals surface area contributed by atoms with Crippen LogP contribution >= 0.6 is 0 Å². The Hall–Kier alpha value is -0.610. The van der Waals surface area contributed by atoms with E-state index in [-0.39, 0.29) is 5.97 Å². The molecule has 2 unspecified atom stereocenters. The maximum atomic E-state index is 10.5. The molecule has 0 rings (SSSR count). The maximum Gasteiger partial charge on any atom is 0.302 e. The van der Waals surface area contributed by atoms with E-state index in [1.54, 1.807) is 13.8 Å². The average Bonchev–Trinajstić information content (AvgIpc) is 2.11. The number of ether oxygens (including phenoxy) is 1. The molecule has 0 aliphatic rings. The van der Waals surface area contributed by atoms with Gasteiger partial charge >= 0.3 is 5.97 Å². The molecule has 0 heterocycles. The van der Waals surface area contributed by atoms with Gasteiger partial charge in [0.1, 0.15) is 0 Å². The van der Waals surface area contributed by atoms with E-state index < -0.39 is 11.7 Å². The lowest BCUT2D eigenvalue weighted by molar-refractivity contribution is -0.141. The van der Waals surface area contributed by atoms with Gasteiger partial charge in [0.25, 0.3) is 0 Å². The second-order valence-corrected chi connectivity index (χ2v) is 4.98. The number of aliphatic hydroxyl groups excluding tert-OH is 1. The Morgan fingerprint density at radius 2 is 1.88 bits per heavy atom. The van der Waals surface area contributed by atoms with Gasteiger partial charge < -0.3 is 14.9 Å². The highest BCUT2D eigenvalue weighted by Crippen LogP contribution is 2.18. The molecule has 0 fully saturated rings. The first-order valence-corrected chi connectivity index (χ1v) is 5.77. The van der Waals surface area contributed by atoms with Gasteiger partial charge in [0, 0.05) is 6.92 Å². The molecule has 0 aromatic heterocycles. The van der Waals surface area contributed by atoms with Crippen LogP contribution < -0.4 is 0 Å². The highest BCUT2D eigenvalue weighted by molar-refractivity contribution is 5.65. The lowest BCUT2D eigenvalue weighted by Gasteiger charge is -2.25. The molecule has 4 heteroatoms. The van der Waals surface area contributed by atoms with Gasteiger partial charge in [-0.05, 0) is 39.0 Å². The Balaban J connectivity index is 3.65. The molecule has 2 atom stereocenters. The van der Waals surface area contributed by atoms with Crippen LogP contribution in [0.1, 0.15) is 47.0 Å². The van der Waals surface area contributed by atoms with Gasteiger partial charge in [0.05, 0.1) is 18.3 Å². The van der Waals surface area contributed by atoms with Crippen molar-refractivity contribution in [2.45, 2.75) is 58.7 Å². The molecule has 0 aromatic carbocycles. The molecule has 0 aromatic rings. The fourth-order valence-corrected chi connectivity index (χ4v) is 1.34. The summed E-state index contributed by atoms with van der Waals surface area (Å²) in [5.41, 5.74) is -1.05. The molecule has 0 saturated heterocycles. The molecule has 0 aliphatic heterocycles. The van der Waals surface area contributed by atoms with E-state index >= 15 is 0 Å². The maximum absolute atomic E-state index is 10.5. The van der Waals surface area contributed by atoms with Gasteiger partial charge in [-0.25, -0.2) is 0 Å². The quantitative estimate of drug-likeness (QED) is 0.653. The Bertz CT molecular complexity index is 208. The van der Waals surface area contributed by atoms with Crippen molar-refractivity contribution in [3.05, 3.63) is 0 Å². The first-order valence-electron chi connectivity index (χ1n) is 5.77. The molecule has 0 bridgehead atoms. The number of aliphatic hydroxyl groups is 2. The number of hydrogen-bond acceptors (Lipinski definition) is 4. The van der Waals surface area contributed by atoms with Crippen molar-refractivity contribution in [2.75, 3.05) is 6.61 Å². The first-order chi connectivity index (χ1) is 7.23. The third kappa shape index (κ3) is 7.65. The van der Waals surface area contributed by atoms with E-state index in [1.165, 1.54) is 6.92 Å². The minimum Gasteiger partial charge on any atom is -0.466 e. The van der Waals surface area contributed by atoms with Gasteiger partial charge in [-0.1, -0.05) is 6.92 Å². The van der Waals surface area contributed by atoms with Crippen LogP contribution in [0.15, 0.2) is 0 Å². The lowest BCUT2D eigenvalue weighted by Crippen LogP contribution is -2.35. The van der Waals surface area contributed by atoms with E-state index in [9.17, 15) is 15.0 Å². The number of esters is 1. The second-order valence-electron chi connectivity index (χ2n) is 4.98.